The number of carbonyl (C=O) groups excluding carboxylic acids is 1. The molecule has 140 valence electrons. The first kappa shape index (κ1) is 18.4. The van der Waals surface area contributed by atoms with E-state index in [1.165, 1.54) is 37.8 Å². The second-order valence-electron chi connectivity index (χ2n) is 7.64. The molecule has 1 atom stereocenters. The van der Waals surface area contributed by atoms with E-state index in [4.69, 9.17) is 5.10 Å². The molecule has 1 aromatic rings. The summed E-state index contributed by atoms with van der Waals surface area (Å²) in [6.07, 6.45) is 9.45. The lowest BCUT2D eigenvalue weighted by atomic mass is 9.88. The standard InChI is InChI=1S/C19H32N4O2/c1-20-19(25)18-16-12-15(22(2)10-11-24)8-9-17(16)23(21-18)13-14-6-4-3-5-7-14/h14-15,24H,3-13H2,1-2H3,(H,20,25). The maximum absolute atomic E-state index is 12.4. The van der Waals surface area contributed by atoms with Crippen molar-refractivity contribution in [2.24, 2.45) is 5.92 Å². The van der Waals surface area contributed by atoms with Crippen LogP contribution in [-0.4, -0.2) is 59.0 Å². The van der Waals surface area contributed by atoms with Crippen molar-refractivity contribution in [1.82, 2.24) is 20.0 Å². The molecule has 1 amide bonds. The first-order chi connectivity index (χ1) is 12.1. The molecule has 6 heteroatoms. The van der Waals surface area contributed by atoms with Crippen molar-refractivity contribution in [1.29, 1.82) is 0 Å². The Morgan fingerprint density at radius 1 is 1.32 bits per heavy atom. The van der Waals surface area contributed by atoms with Gasteiger partial charge in [0.15, 0.2) is 5.69 Å². The summed E-state index contributed by atoms with van der Waals surface area (Å²) in [7, 11) is 3.73. The zero-order valence-electron chi connectivity index (χ0n) is 15.6. The lowest BCUT2D eigenvalue weighted by Crippen LogP contribution is -2.38. The number of hydrogen-bond donors (Lipinski definition) is 2. The molecule has 2 aliphatic carbocycles. The Morgan fingerprint density at radius 2 is 2.08 bits per heavy atom. The van der Waals surface area contributed by atoms with Crippen LogP contribution in [0.4, 0.5) is 0 Å². The fourth-order valence-electron chi connectivity index (χ4n) is 4.45. The lowest BCUT2D eigenvalue weighted by Gasteiger charge is -2.31. The Hall–Kier alpha value is -1.40. The quantitative estimate of drug-likeness (QED) is 0.819. The molecular formula is C19H32N4O2. The number of aromatic nitrogens is 2. The van der Waals surface area contributed by atoms with Gasteiger partial charge in [0, 0.05) is 37.4 Å². The summed E-state index contributed by atoms with van der Waals surface area (Å²) in [4.78, 5) is 14.6. The van der Waals surface area contributed by atoms with E-state index in [1.54, 1.807) is 7.05 Å². The molecule has 1 saturated carbocycles. The molecule has 3 rings (SSSR count). The van der Waals surface area contributed by atoms with Crippen LogP contribution in [0.3, 0.4) is 0 Å². The highest BCUT2D eigenvalue weighted by Gasteiger charge is 2.31. The normalized spacial score (nSPS) is 21.4. The van der Waals surface area contributed by atoms with Crippen molar-refractivity contribution in [2.45, 2.75) is 64.0 Å². The van der Waals surface area contributed by atoms with Crippen molar-refractivity contribution in [3.63, 3.8) is 0 Å². The maximum Gasteiger partial charge on any atom is 0.271 e. The van der Waals surface area contributed by atoms with Crippen molar-refractivity contribution < 1.29 is 9.90 Å². The Labute approximate surface area is 150 Å². The third-order valence-electron chi connectivity index (χ3n) is 5.99. The molecule has 0 radical (unpaired) electrons. The van der Waals surface area contributed by atoms with E-state index in [9.17, 15) is 9.90 Å². The number of fused-ring (bicyclic) bond motifs is 1. The first-order valence-corrected chi connectivity index (χ1v) is 9.75. The topological polar surface area (TPSA) is 70.4 Å². The van der Waals surface area contributed by atoms with Gasteiger partial charge in [-0.25, -0.2) is 0 Å². The number of hydrogen-bond acceptors (Lipinski definition) is 4. The van der Waals surface area contributed by atoms with E-state index < -0.39 is 0 Å². The predicted octanol–water partition coefficient (Wildman–Crippen LogP) is 1.60. The molecule has 0 aromatic carbocycles. The molecule has 0 saturated heterocycles. The van der Waals surface area contributed by atoms with Crippen LogP contribution in [-0.2, 0) is 19.4 Å². The summed E-state index contributed by atoms with van der Waals surface area (Å²) in [5.74, 6) is 0.620. The number of carbonyl (C=O) groups is 1. The van der Waals surface area contributed by atoms with Crippen LogP contribution in [0.5, 0.6) is 0 Å². The van der Waals surface area contributed by atoms with Gasteiger partial charge in [0.2, 0.25) is 0 Å². The largest absolute Gasteiger partial charge is 0.395 e. The lowest BCUT2D eigenvalue weighted by molar-refractivity contribution is 0.0955. The highest BCUT2D eigenvalue weighted by Crippen LogP contribution is 2.30. The summed E-state index contributed by atoms with van der Waals surface area (Å²) in [6, 6.07) is 0.371. The molecule has 1 aromatic heterocycles. The molecule has 1 fully saturated rings. The zero-order chi connectivity index (χ0) is 17.8. The van der Waals surface area contributed by atoms with Gasteiger partial charge in [0.1, 0.15) is 0 Å². The molecule has 0 bridgehead atoms. The van der Waals surface area contributed by atoms with Gasteiger partial charge in [-0.1, -0.05) is 19.3 Å². The van der Waals surface area contributed by atoms with Gasteiger partial charge in [-0.3, -0.25) is 9.48 Å². The molecule has 1 unspecified atom stereocenters. The van der Waals surface area contributed by atoms with E-state index in [0.717, 1.165) is 31.4 Å². The van der Waals surface area contributed by atoms with Crippen LogP contribution in [0.15, 0.2) is 0 Å². The minimum atomic E-state index is -0.0795. The SMILES string of the molecule is CNC(=O)c1nn(CC2CCCCC2)c2c1CC(N(C)CCO)CC2. The fourth-order valence-corrected chi connectivity index (χ4v) is 4.45. The molecule has 6 nitrogen and oxygen atoms in total. The van der Waals surface area contributed by atoms with E-state index in [1.807, 2.05) is 0 Å². The smallest absolute Gasteiger partial charge is 0.271 e. The Balaban J connectivity index is 1.83. The number of aliphatic hydroxyl groups is 1. The number of nitrogens with zero attached hydrogens (tertiary/aromatic N) is 3. The number of nitrogens with one attached hydrogen (secondary N) is 1. The van der Waals surface area contributed by atoms with Crippen molar-refractivity contribution in [3.05, 3.63) is 17.0 Å². The molecule has 2 N–H and O–H groups in total. The third kappa shape index (κ3) is 4.06. The molecule has 0 spiro atoms. The molecule has 2 aliphatic rings. The maximum atomic E-state index is 12.4. The monoisotopic (exact) mass is 348 g/mol. The number of aliphatic hydroxyl groups excluding tert-OH is 1. The van der Waals surface area contributed by atoms with E-state index in [0.29, 0.717) is 24.2 Å². The summed E-state index contributed by atoms with van der Waals surface area (Å²) < 4.78 is 2.14. The zero-order valence-corrected chi connectivity index (χ0v) is 15.6. The number of amides is 1. The van der Waals surface area contributed by atoms with Gasteiger partial charge in [-0.2, -0.15) is 5.10 Å². The third-order valence-corrected chi connectivity index (χ3v) is 5.99. The summed E-state index contributed by atoms with van der Waals surface area (Å²) in [5, 5.41) is 16.7. The van der Waals surface area contributed by atoms with E-state index >= 15 is 0 Å². The van der Waals surface area contributed by atoms with Gasteiger partial charge in [-0.15, -0.1) is 0 Å². The molecular weight excluding hydrogens is 316 g/mol. The second kappa shape index (κ2) is 8.32. The first-order valence-electron chi connectivity index (χ1n) is 9.75. The summed E-state index contributed by atoms with van der Waals surface area (Å²) in [6.45, 7) is 1.80. The van der Waals surface area contributed by atoms with Gasteiger partial charge in [-0.05, 0) is 45.1 Å². The van der Waals surface area contributed by atoms with Crippen LogP contribution < -0.4 is 5.32 Å². The minimum Gasteiger partial charge on any atom is -0.395 e. The van der Waals surface area contributed by atoms with Crippen LogP contribution in [0.2, 0.25) is 0 Å². The molecule has 0 aliphatic heterocycles. The molecule has 25 heavy (non-hydrogen) atoms. The van der Waals surface area contributed by atoms with Crippen molar-refractivity contribution in [3.8, 4) is 0 Å². The Kier molecular flexibility index (Phi) is 6.12. The molecule has 1 heterocycles. The van der Waals surface area contributed by atoms with Gasteiger partial charge >= 0.3 is 0 Å². The Morgan fingerprint density at radius 3 is 2.76 bits per heavy atom. The van der Waals surface area contributed by atoms with Crippen molar-refractivity contribution >= 4 is 5.91 Å². The highest BCUT2D eigenvalue weighted by atomic mass is 16.3. The number of likely N-dealkylation sites (N-methyl/N-ethyl adjacent to an activating group) is 1. The Bertz CT molecular complexity index is 592. The van der Waals surface area contributed by atoms with Crippen LogP contribution in [0.1, 0.15) is 60.3 Å². The minimum absolute atomic E-state index is 0.0795. The highest BCUT2D eigenvalue weighted by molar-refractivity contribution is 5.93. The van der Waals surface area contributed by atoms with Gasteiger partial charge in [0.05, 0.1) is 6.61 Å². The van der Waals surface area contributed by atoms with Gasteiger partial charge < -0.3 is 15.3 Å². The van der Waals surface area contributed by atoms with Crippen LogP contribution in [0.25, 0.3) is 0 Å². The van der Waals surface area contributed by atoms with Gasteiger partial charge in [0.25, 0.3) is 5.91 Å². The number of rotatable bonds is 6. The average molecular weight is 348 g/mol. The average Bonchev–Trinajstić information content (AvgIpc) is 3.00. The van der Waals surface area contributed by atoms with Crippen LogP contribution in [0, 0.1) is 5.92 Å². The summed E-state index contributed by atoms with van der Waals surface area (Å²) in [5.41, 5.74) is 2.99. The fraction of sp³-hybridized carbons (Fsp3) is 0.789. The summed E-state index contributed by atoms with van der Waals surface area (Å²) >= 11 is 0. The second-order valence-corrected chi connectivity index (χ2v) is 7.64. The van der Waals surface area contributed by atoms with Crippen LogP contribution >= 0.6 is 0 Å². The van der Waals surface area contributed by atoms with Crippen molar-refractivity contribution in [2.75, 3.05) is 27.2 Å². The van der Waals surface area contributed by atoms with E-state index in [2.05, 4.69) is 21.9 Å². The van der Waals surface area contributed by atoms with E-state index in [-0.39, 0.29) is 12.5 Å². The predicted molar refractivity (Wildman–Crippen MR) is 97.7 cm³/mol.